The molecule has 1 aliphatic rings. The largest absolute Gasteiger partial charge is 0.455 e. The van der Waals surface area contributed by atoms with E-state index in [2.05, 4.69) is 5.10 Å². The number of benzene rings is 1. The van der Waals surface area contributed by atoms with Gasteiger partial charge in [0.25, 0.3) is 5.91 Å². The van der Waals surface area contributed by atoms with Crippen molar-refractivity contribution in [2.75, 3.05) is 32.9 Å². The third kappa shape index (κ3) is 4.11. The number of aromatic nitrogens is 2. The van der Waals surface area contributed by atoms with Crippen LogP contribution < -0.4 is 0 Å². The minimum atomic E-state index is -0.426. The first-order chi connectivity index (χ1) is 12.6. The maximum absolute atomic E-state index is 12.2. The van der Waals surface area contributed by atoms with Crippen LogP contribution in [0.25, 0.3) is 5.69 Å². The molecule has 0 N–H and O–H groups in total. The second kappa shape index (κ2) is 8.14. The maximum atomic E-state index is 12.2. The Morgan fingerprint density at radius 3 is 2.54 bits per heavy atom. The van der Waals surface area contributed by atoms with E-state index in [0.717, 1.165) is 22.6 Å². The molecule has 3 rings (SSSR count). The van der Waals surface area contributed by atoms with E-state index in [1.807, 2.05) is 48.9 Å². The highest BCUT2D eigenvalue weighted by atomic mass is 16.5. The van der Waals surface area contributed by atoms with Crippen LogP contribution in [-0.4, -0.2) is 59.5 Å². The highest BCUT2D eigenvalue weighted by molar-refractivity contribution is 5.81. The second-order valence-electron chi connectivity index (χ2n) is 6.23. The number of morpholine rings is 1. The molecule has 2 aromatic rings. The number of rotatable bonds is 5. The van der Waals surface area contributed by atoms with Crippen LogP contribution in [0.2, 0.25) is 0 Å². The summed E-state index contributed by atoms with van der Waals surface area (Å²) in [4.78, 5) is 25.9. The molecule has 0 radical (unpaired) electrons. The lowest BCUT2D eigenvalue weighted by atomic mass is 10.1. The van der Waals surface area contributed by atoms with Crippen molar-refractivity contribution in [2.24, 2.45) is 0 Å². The number of ether oxygens (including phenoxy) is 2. The summed E-state index contributed by atoms with van der Waals surface area (Å²) in [6.45, 7) is 5.69. The van der Waals surface area contributed by atoms with Crippen LogP contribution in [0.15, 0.2) is 30.3 Å². The monoisotopic (exact) mass is 357 g/mol. The first kappa shape index (κ1) is 18.1. The summed E-state index contributed by atoms with van der Waals surface area (Å²) >= 11 is 0. The number of hydrogen-bond donors (Lipinski definition) is 0. The van der Waals surface area contributed by atoms with E-state index >= 15 is 0 Å². The van der Waals surface area contributed by atoms with E-state index in [9.17, 15) is 9.59 Å². The number of amides is 1. The van der Waals surface area contributed by atoms with Gasteiger partial charge >= 0.3 is 5.97 Å². The van der Waals surface area contributed by atoms with Gasteiger partial charge in [-0.2, -0.15) is 5.10 Å². The zero-order chi connectivity index (χ0) is 18.5. The summed E-state index contributed by atoms with van der Waals surface area (Å²) in [6, 6.07) is 9.75. The molecule has 0 aliphatic carbocycles. The van der Waals surface area contributed by atoms with Crippen LogP contribution in [0.4, 0.5) is 0 Å². The van der Waals surface area contributed by atoms with Crippen molar-refractivity contribution in [2.45, 2.75) is 20.3 Å². The topological polar surface area (TPSA) is 73.7 Å². The highest BCUT2D eigenvalue weighted by Gasteiger charge is 2.20. The van der Waals surface area contributed by atoms with Gasteiger partial charge < -0.3 is 14.4 Å². The van der Waals surface area contributed by atoms with Gasteiger partial charge in [-0.3, -0.25) is 9.59 Å². The number of hydrogen-bond acceptors (Lipinski definition) is 5. The third-order valence-corrected chi connectivity index (χ3v) is 4.48. The lowest BCUT2D eigenvalue weighted by molar-refractivity contribution is -0.153. The molecule has 1 amide bonds. The fraction of sp³-hybridized carbons (Fsp3) is 0.421. The molecule has 7 nitrogen and oxygen atoms in total. The summed E-state index contributed by atoms with van der Waals surface area (Å²) in [5.41, 5.74) is 3.45. The van der Waals surface area contributed by atoms with Crippen LogP contribution in [0.5, 0.6) is 0 Å². The molecule has 0 unspecified atom stereocenters. The number of carbonyl (C=O) groups excluding carboxylic acids is 2. The molecular formula is C19H23N3O4. The van der Waals surface area contributed by atoms with Gasteiger partial charge in [0.15, 0.2) is 6.61 Å². The summed E-state index contributed by atoms with van der Waals surface area (Å²) in [7, 11) is 0. The Bertz CT molecular complexity index is 780. The zero-order valence-corrected chi connectivity index (χ0v) is 15.1. The van der Waals surface area contributed by atoms with Crippen molar-refractivity contribution < 1.29 is 19.1 Å². The van der Waals surface area contributed by atoms with Crippen LogP contribution in [0.3, 0.4) is 0 Å². The molecule has 1 fully saturated rings. The number of para-hydroxylation sites is 1. The summed E-state index contributed by atoms with van der Waals surface area (Å²) in [5, 5.41) is 4.52. The van der Waals surface area contributed by atoms with Gasteiger partial charge in [0.1, 0.15) is 0 Å². The molecule has 1 aliphatic heterocycles. The molecule has 26 heavy (non-hydrogen) atoms. The summed E-state index contributed by atoms with van der Waals surface area (Å²) in [5.74, 6) is -0.611. The first-order valence-corrected chi connectivity index (χ1v) is 8.68. The number of aryl methyl sites for hydroxylation is 1. The minimum Gasteiger partial charge on any atom is -0.455 e. The van der Waals surface area contributed by atoms with Gasteiger partial charge in [0, 0.05) is 24.3 Å². The van der Waals surface area contributed by atoms with Gasteiger partial charge in [-0.05, 0) is 26.0 Å². The Balaban J connectivity index is 1.61. The fourth-order valence-corrected chi connectivity index (χ4v) is 2.99. The second-order valence-corrected chi connectivity index (χ2v) is 6.23. The zero-order valence-electron chi connectivity index (χ0n) is 15.1. The van der Waals surface area contributed by atoms with Crippen molar-refractivity contribution in [1.82, 2.24) is 14.7 Å². The molecule has 0 spiro atoms. The van der Waals surface area contributed by atoms with Crippen LogP contribution in [-0.2, 0) is 25.5 Å². The Hall–Kier alpha value is -2.67. The Morgan fingerprint density at radius 2 is 1.85 bits per heavy atom. The van der Waals surface area contributed by atoms with Gasteiger partial charge in [0.2, 0.25) is 0 Å². The lowest BCUT2D eigenvalue weighted by Gasteiger charge is -2.26. The molecule has 0 saturated carbocycles. The van der Waals surface area contributed by atoms with E-state index in [0.29, 0.717) is 26.3 Å². The summed E-state index contributed by atoms with van der Waals surface area (Å²) in [6.07, 6.45) is 0.0981. The van der Waals surface area contributed by atoms with E-state index in [4.69, 9.17) is 9.47 Å². The quantitative estimate of drug-likeness (QED) is 0.757. The van der Waals surface area contributed by atoms with E-state index in [1.54, 1.807) is 4.90 Å². The Morgan fingerprint density at radius 1 is 1.15 bits per heavy atom. The van der Waals surface area contributed by atoms with Crippen LogP contribution >= 0.6 is 0 Å². The van der Waals surface area contributed by atoms with Gasteiger partial charge in [-0.25, -0.2) is 4.68 Å². The number of nitrogens with zero attached hydrogens (tertiary/aromatic N) is 3. The maximum Gasteiger partial charge on any atom is 0.310 e. The third-order valence-electron chi connectivity index (χ3n) is 4.48. The molecule has 2 heterocycles. The van der Waals surface area contributed by atoms with E-state index in [-0.39, 0.29) is 18.9 Å². The average Bonchev–Trinajstić information content (AvgIpc) is 2.95. The van der Waals surface area contributed by atoms with Crippen LogP contribution in [0, 0.1) is 13.8 Å². The SMILES string of the molecule is Cc1nn(-c2ccccc2)c(C)c1CC(=O)OCC(=O)N1CCOCC1. The first-order valence-electron chi connectivity index (χ1n) is 8.68. The van der Waals surface area contributed by atoms with Gasteiger partial charge in [0.05, 0.1) is 31.0 Å². The predicted octanol–water partition coefficient (Wildman–Crippen LogP) is 1.43. The standard InChI is InChI=1S/C19H23N3O4/c1-14-17(15(2)22(20-14)16-6-4-3-5-7-16)12-19(24)26-13-18(23)21-8-10-25-11-9-21/h3-7H,8-13H2,1-2H3. The lowest BCUT2D eigenvalue weighted by Crippen LogP contribution is -2.42. The van der Waals surface area contributed by atoms with Crippen molar-refractivity contribution in [3.63, 3.8) is 0 Å². The van der Waals surface area contributed by atoms with Gasteiger partial charge in [-0.15, -0.1) is 0 Å². The van der Waals surface area contributed by atoms with Gasteiger partial charge in [-0.1, -0.05) is 18.2 Å². The average molecular weight is 357 g/mol. The smallest absolute Gasteiger partial charge is 0.310 e. The molecule has 7 heteroatoms. The molecule has 1 saturated heterocycles. The van der Waals surface area contributed by atoms with E-state index in [1.165, 1.54) is 0 Å². The van der Waals surface area contributed by atoms with Crippen molar-refractivity contribution >= 4 is 11.9 Å². The number of esters is 1. The molecular weight excluding hydrogens is 334 g/mol. The van der Waals surface area contributed by atoms with Crippen molar-refractivity contribution in [1.29, 1.82) is 0 Å². The Kier molecular flexibility index (Phi) is 5.68. The molecule has 0 bridgehead atoms. The molecule has 1 aromatic carbocycles. The molecule has 138 valence electrons. The molecule has 1 aromatic heterocycles. The minimum absolute atomic E-state index is 0.0981. The van der Waals surface area contributed by atoms with E-state index < -0.39 is 5.97 Å². The predicted molar refractivity (Wildman–Crippen MR) is 95.1 cm³/mol. The number of carbonyl (C=O) groups is 2. The summed E-state index contributed by atoms with van der Waals surface area (Å²) < 4.78 is 12.2. The highest BCUT2D eigenvalue weighted by Crippen LogP contribution is 2.18. The van der Waals surface area contributed by atoms with Crippen LogP contribution in [0.1, 0.15) is 17.0 Å². The van der Waals surface area contributed by atoms with Crippen molar-refractivity contribution in [3.8, 4) is 5.69 Å². The Labute approximate surface area is 152 Å². The normalized spacial score (nSPS) is 14.3. The molecule has 0 atom stereocenters. The fourth-order valence-electron chi connectivity index (χ4n) is 2.99. The van der Waals surface area contributed by atoms with Crippen molar-refractivity contribution in [3.05, 3.63) is 47.3 Å².